The molecule has 2 aromatic rings. The van der Waals surface area contributed by atoms with Crippen molar-refractivity contribution in [3.63, 3.8) is 0 Å². The predicted octanol–water partition coefficient (Wildman–Crippen LogP) is 1.72. The number of rotatable bonds is 4. The molecule has 0 spiro atoms. The van der Waals surface area contributed by atoms with Crippen LogP contribution in [0.3, 0.4) is 0 Å². The monoisotopic (exact) mass is 267 g/mol. The first-order chi connectivity index (χ1) is 8.24. The lowest BCUT2D eigenvalue weighted by Gasteiger charge is -1.96. The summed E-state index contributed by atoms with van der Waals surface area (Å²) < 4.78 is 0.776. The summed E-state index contributed by atoms with van der Waals surface area (Å²) in [7, 11) is 0. The third kappa shape index (κ3) is 3.68. The van der Waals surface area contributed by atoms with Crippen LogP contribution in [0, 0.1) is 0 Å². The van der Waals surface area contributed by atoms with Gasteiger partial charge in [0, 0.05) is 18.1 Å². The second-order valence-electron chi connectivity index (χ2n) is 3.01. The highest BCUT2D eigenvalue weighted by atomic mass is 32.2. The van der Waals surface area contributed by atoms with Crippen LogP contribution in [-0.4, -0.2) is 21.2 Å². The van der Waals surface area contributed by atoms with Gasteiger partial charge < -0.3 is 5.73 Å². The molecule has 3 N–H and O–H groups in total. The average Bonchev–Trinajstić information content (AvgIpc) is 2.75. The number of nitrogens with two attached hydrogens (primary N) is 1. The number of hydrogen-bond acceptors (Lipinski definition) is 6. The van der Waals surface area contributed by atoms with Gasteiger partial charge in [0.25, 0.3) is 0 Å². The molecule has 0 aromatic carbocycles. The zero-order valence-electron chi connectivity index (χ0n) is 8.66. The van der Waals surface area contributed by atoms with Crippen molar-refractivity contribution in [2.45, 2.75) is 10.1 Å². The second kappa shape index (κ2) is 5.60. The molecule has 0 radical (unpaired) electrons. The molecule has 2 heterocycles. The van der Waals surface area contributed by atoms with E-state index in [9.17, 15) is 4.79 Å². The van der Waals surface area contributed by atoms with Crippen molar-refractivity contribution in [2.75, 3.05) is 5.32 Å². The number of primary amides is 1. The van der Waals surface area contributed by atoms with Crippen LogP contribution < -0.4 is 11.1 Å². The molecule has 2 aromatic heterocycles. The van der Waals surface area contributed by atoms with Crippen molar-refractivity contribution in [3.05, 3.63) is 30.1 Å². The summed E-state index contributed by atoms with van der Waals surface area (Å²) in [4.78, 5) is 14.6. The highest BCUT2D eigenvalue weighted by Gasteiger charge is 2.06. The number of carbonyl (C=O) groups is 1. The molecule has 0 fully saturated rings. The molecule has 0 aliphatic rings. The Morgan fingerprint density at radius 2 is 2.41 bits per heavy atom. The summed E-state index contributed by atoms with van der Waals surface area (Å²) in [5.74, 6) is 0.763. The summed E-state index contributed by atoms with van der Waals surface area (Å²) in [5.41, 5.74) is 6.08. The summed E-state index contributed by atoms with van der Waals surface area (Å²) in [5, 5.41) is 10.5. The fourth-order valence-corrected chi connectivity index (χ4v) is 2.74. The number of nitrogens with zero attached hydrogens (tertiary/aromatic N) is 3. The van der Waals surface area contributed by atoms with E-state index in [2.05, 4.69) is 20.5 Å². The van der Waals surface area contributed by atoms with E-state index in [1.54, 1.807) is 12.4 Å². The third-order valence-electron chi connectivity index (χ3n) is 1.72. The van der Waals surface area contributed by atoms with Gasteiger partial charge in [-0.25, -0.2) is 4.79 Å². The molecule has 0 saturated carbocycles. The summed E-state index contributed by atoms with van der Waals surface area (Å²) in [6.45, 7) is 0. The van der Waals surface area contributed by atoms with E-state index in [1.165, 1.54) is 23.1 Å². The number of urea groups is 1. The number of pyridine rings is 1. The minimum absolute atomic E-state index is 0.409. The molecular formula is C9H9N5OS2. The minimum atomic E-state index is -0.634. The fourth-order valence-electron chi connectivity index (χ4n) is 1.05. The third-order valence-corrected chi connectivity index (χ3v) is 3.76. The molecular weight excluding hydrogens is 258 g/mol. The van der Waals surface area contributed by atoms with E-state index >= 15 is 0 Å². The maximum atomic E-state index is 10.6. The molecule has 0 atom stereocenters. The first-order valence-corrected chi connectivity index (χ1v) is 6.46. The molecule has 0 bridgehead atoms. The Bertz CT molecular complexity index is 501. The highest BCUT2D eigenvalue weighted by Crippen LogP contribution is 2.27. The van der Waals surface area contributed by atoms with Crippen LogP contribution >= 0.6 is 23.1 Å². The van der Waals surface area contributed by atoms with Gasteiger partial charge in [-0.3, -0.25) is 10.3 Å². The maximum Gasteiger partial charge on any atom is 0.318 e. The SMILES string of the molecule is NC(=O)Nc1nnc(SCc2cccnc2)s1. The number of amides is 2. The van der Waals surface area contributed by atoms with Gasteiger partial charge in [0.15, 0.2) is 4.34 Å². The van der Waals surface area contributed by atoms with Gasteiger partial charge >= 0.3 is 6.03 Å². The van der Waals surface area contributed by atoms with Crippen LogP contribution in [0.15, 0.2) is 28.9 Å². The van der Waals surface area contributed by atoms with E-state index in [-0.39, 0.29) is 0 Å². The van der Waals surface area contributed by atoms with Crippen molar-refractivity contribution in [2.24, 2.45) is 5.73 Å². The molecule has 6 nitrogen and oxygen atoms in total. The number of nitrogens with one attached hydrogen (secondary N) is 1. The Kier molecular flexibility index (Phi) is 3.89. The van der Waals surface area contributed by atoms with Crippen LogP contribution in [0.25, 0.3) is 0 Å². The van der Waals surface area contributed by atoms with Crippen molar-refractivity contribution >= 4 is 34.3 Å². The van der Waals surface area contributed by atoms with Gasteiger partial charge in [0.05, 0.1) is 0 Å². The summed E-state index contributed by atoms with van der Waals surface area (Å²) >= 11 is 2.82. The van der Waals surface area contributed by atoms with E-state index in [0.29, 0.717) is 5.13 Å². The molecule has 8 heteroatoms. The van der Waals surface area contributed by atoms with Crippen LogP contribution in [-0.2, 0) is 5.75 Å². The largest absolute Gasteiger partial charge is 0.351 e. The minimum Gasteiger partial charge on any atom is -0.351 e. The van der Waals surface area contributed by atoms with E-state index in [1.807, 2.05) is 12.1 Å². The molecule has 0 aliphatic carbocycles. The number of thioether (sulfide) groups is 1. The lowest BCUT2D eigenvalue weighted by molar-refractivity contribution is 0.259. The van der Waals surface area contributed by atoms with Gasteiger partial charge in [-0.15, -0.1) is 10.2 Å². The van der Waals surface area contributed by atoms with Crippen LogP contribution in [0.4, 0.5) is 9.93 Å². The highest BCUT2D eigenvalue weighted by molar-refractivity contribution is 8.00. The Morgan fingerprint density at radius 1 is 1.53 bits per heavy atom. The molecule has 88 valence electrons. The molecule has 2 rings (SSSR count). The Morgan fingerprint density at radius 3 is 3.12 bits per heavy atom. The van der Waals surface area contributed by atoms with E-state index < -0.39 is 6.03 Å². The van der Waals surface area contributed by atoms with Crippen molar-refractivity contribution in [1.29, 1.82) is 0 Å². The quantitative estimate of drug-likeness (QED) is 0.649. The van der Waals surface area contributed by atoms with Crippen LogP contribution in [0.5, 0.6) is 0 Å². The number of carbonyl (C=O) groups excluding carboxylic acids is 1. The topological polar surface area (TPSA) is 93.8 Å². The van der Waals surface area contributed by atoms with Crippen molar-refractivity contribution in [3.8, 4) is 0 Å². The number of anilines is 1. The van der Waals surface area contributed by atoms with Gasteiger partial charge in [-0.2, -0.15) is 0 Å². The predicted molar refractivity (Wildman–Crippen MR) is 66.9 cm³/mol. The normalized spacial score (nSPS) is 10.1. The molecule has 0 aliphatic heterocycles. The van der Waals surface area contributed by atoms with Crippen molar-refractivity contribution < 1.29 is 4.79 Å². The molecule has 0 unspecified atom stereocenters. The van der Waals surface area contributed by atoms with E-state index in [0.717, 1.165) is 15.7 Å². The van der Waals surface area contributed by atoms with Crippen LogP contribution in [0.2, 0.25) is 0 Å². The van der Waals surface area contributed by atoms with Gasteiger partial charge in [-0.05, 0) is 11.6 Å². The number of aromatic nitrogens is 3. The second-order valence-corrected chi connectivity index (χ2v) is 5.21. The summed E-state index contributed by atoms with van der Waals surface area (Å²) in [6, 6.07) is 3.24. The average molecular weight is 267 g/mol. The van der Waals surface area contributed by atoms with Crippen LogP contribution in [0.1, 0.15) is 5.56 Å². The first-order valence-electron chi connectivity index (χ1n) is 4.66. The zero-order chi connectivity index (χ0) is 12.1. The van der Waals surface area contributed by atoms with Crippen molar-refractivity contribution in [1.82, 2.24) is 15.2 Å². The zero-order valence-corrected chi connectivity index (χ0v) is 10.3. The lowest BCUT2D eigenvalue weighted by atomic mass is 10.3. The smallest absolute Gasteiger partial charge is 0.318 e. The van der Waals surface area contributed by atoms with Gasteiger partial charge in [-0.1, -0.05) is 29.2 Å². The van der Waals surface area contributed by atoms with Gasteiger partial charge in [0.2, 0.25) is 5.13 Å². The standard InChI is InChI=1S/C9H9N5OS2/c10-7(15)12-8-13-14-9(17-8)16-5-6-2-1-3-11-4-6/h1-4H,5H2,(H3,10,12,13,15). The first kappa shape index (κ1) is 11.8. The molecule has 2 amide bonds. The Hall–Kier alpha value is -1.67. The molecule has 17 heavy (non-hydrogen) atoms. The van der Waals surface area contributed by atoms with E-state index in [4.69, 9.17) is 5.73 Å². The van der Waals surface area contributed by atoms with Gasteiger partial charge in [0.1, 0.15) is 0 Å². The molecule has 0 saturated heterocycles. The lowest BCUT2D eigenvalue weighted by Crippen LogP contribution is -2.18. The maximum absolute atomic E-state index is 10.6. The Balaban J connectivity index is 1.91. The summed E-state index contributed by atoms with van der Waals surface area (Å²) in [6.07, 6.45) is 3.53. The number of hydrogen-bond donors (Lipinski definition) is 2. The fraction of sp³-hybridized carbons (Fsp3) is 0.111. The Labute approximate surface area is 106 Å².